The fourth-order valence-electron chi connectivity index (χ4n) is 3.11. The maximum atomic E-state index is 12.9. The molecule has 0 saturated carbocycles. The molecule has 0 spiro atoms. The number of thioether (sulfide) groups is 1. The van der Waals surface area contributed by atoms with Crippen molar-refractivity contribution in [3.05, 3.63) is 23.1 Å². The molecule has 11 heteroatoms. The number of hydrogen-bond acceptors (Lipinski definition) is 7. The first kappa shape index (κ1) is 22.6. The van der Waals surface area contributed by atoms with Gasteiger partial charge in [0.1, 0.15) is 11.6 Å². The van der Waals surface area contributed by atoms with Gasteiger partial charge in [-0.3, -0.25) is 14.5 Å². The predicted octanol–water partition coefficient (Wildman–Crippen LogP) is 1.09. The number of hydrogen-bond donors (Lipinski definition) is 1. The van der Waals surface area contributed by atoms with Gasteiger partial charge < -0.3 is 15.0 Å². The second kappa shape index (κ2) is 9.19. The maximum Gasteiger partial charge on any atom is 0.410 e. The Hall–Kier alpha value is -0.706. The molecule has 3 rings (SSSR count). The number of cyclic esters (lactones) is 1. The van der Waals surface area contributed by atoms with Crippen LogP contribution in [0.4, 0.5) is 4.79 Å². The number of nitrogens with one attached hydrogen (secondary N) is 1. The molecule has 1 radical (unpaired) electrons. The fraction of sp³-hybridized carbons (Fsp3) is 0.562. The number of amides is 3. The van der Waals surface area contributed by atoms with Crippen LogP contribution in [0, 0.1) is 6.54 Å². The maximum absolute atomic E-state index is 12.9. The van der Waals surface area contributed by atoms with Crippen LogP contribution in [0.3, 0.4) is 0 Å². The van der Waals surface area contributed by atoms with Crippen LogP contribution in [-0.2, 0) is 53.5 Å². The molecule has 0 aliphatic carbocycles. The molecule has 0 aromatic carbocycles. The summed E-state index contributed by atoms with van der Waals surface area (Å²) in [4.78, 5) is 44.7. The van der Waals surface area contributed by atoms with Gasteiger partial charge >= 0.3 is 6.09 Å². The monoisotopic (exact) mass is 486 g/mol. The summed E-state index contributed by atoms with van der Waals surface area (Å²) in [6.45, 7) is 5.19. The molecule has 27 heavy (non-hydrogen) atoms. The van der Waals surface area contributed by atoms with E-state index in [4.69, 9.17) is 4.74 Å². The topological polar surface area (TPSA) is 91.8 Å². The van der Waals surface area contributed by atoms with Crippen molar-refractivity contribution in [2.75, 3.05) is 18.7 Å². The van der Waals surface area contributed by atoms with E-state index in [-0.39, 0.29) is 38.6 Å². The minimum absolute atomic E-state index is 0. The molecule has 145 valence electrons. The third-order valence-electron chi connectivity index (χ3n) is 4.37. The van der Waals surface area contributed by atoms with Crippen LogP contribution in [0.5, 0.6) is 0 Å². The molecule has 8 nitrogen and oxygen atoms in total. The summed E-state index contributed by atoms with van der Waals surface area (Å²) in [6.07, 6.45) is -0.254. The van der Waals surface area contributed by atoms with Gasteiger partial charge in [-0.05, 0) is 13.8 Å². The first-order valence-electron chi connectivity index (χ1n) is 8.14. The van der Waals surface area contributed by atoms with Gasteiger partial charge in [0, 0.05) is 57.4 Å². The van der Waals surface area contributed by atoms with Gasteiger partial charge in [0.25, 0.3) is 0 Å². The van der Waals surface area contributed by atoms with Gasteiger partial charge in [-0.25, -0.2) is 16.3 Å². The smallest absolute Gasteiger partial charge is 0.410 e. The number of likely N-dealkylation sites (N-methyl/N-ethyl adjacent to an activating group) is 1. The number of carbonyl (C=O) groups excluding carboxylic acids is 3. The second-order valence-corrected chi connectivity index (χ2v) is 8.44. The van der Waals surface area contributed by atoms with E-state index in [0.29, 0.717) is 12.3 Å². The Morgan fingerprint density at radius 1 is 1.52 bits per heavy atom. The molecule has 2 atom stereocenters. The summed E-state index contributed by atoms with van der Waals surface area (Å²) in [5.41, 5.74) is 1.46. The largest absolute Gasteiger partial charge is 0.482 e. The van der Waals surface area contributed by atoms with E-state index < -0.39 is 29.7 Å². The minimum atomic E-state index is -0.972. The Kier molecular flexibility index (Phi) is 7.69. The van der Waals surface area contributed by atoms with E-state index in [1.54, 1.807) is 36.0 Å². The summed E-state index contributed by atoms with van der Waals surface area (Å²) in [5.74, 6) is 0.744. The van der Waals surface area contributed by atoms with Crippen molar-refractivity contribution in [1.29, 1.82) is 0 Å². The molecular formula is C16H21N4O4S2Y-. The molecule has 1 aromatic heterocycles. The number of thiazole rings is 1. The van der Waals surface area contributed by atoms with Crippen LogP contribution in [0.2, 0.25) is 0 Å². The molecule has 1 aromatic rings. The second-order valence-electron chi connectivity index (χ2n) is 6.72. The Balaban J connectivity index is 0.00000261. The summed E-state index contributed by atoms with van der Waals surface area (Å²) in [7, 11) is 1.52. The van der Waals surface area contributed by atoms with Crippen LogP contribution >= 0.6 is 23.1 Å². The molecule has 1 N–H and O–H groups in total. The first-order chi connectivity index (χ1) is 12.3. The number of nitrogens with zero attached hydrogens (tertiary/aromatic N) is 3. The molecule has 3 amide bonds. The van der Waals surface area contributed by atoms with Crippen LogP contribution in [0.1, 0.15) is 19.5 Å². The van der Waals surface area contributed by atoms with Crippen molar-refractivity contribution < 1.29 is 51.8 Å². The average molecular weight is 486 g/mol. The van der Waals surface area contributed by atoms with Crippen molar-refractivity contribution in [1.82, 2.24) is 20.1 Å². The van der Waals surface area contributed by atoms with Crippen molar-refractivity contribution in [3.8, 4) is 0 Å². The quantitative estimate of drug-likeness (QED) is 0.627. The van der Waals surface area contributed by atoms with Crippen LogP contribution in [-0.4, -0.2) is 69.1 Å². The average Bonchev–Trinajstić information content (AvgIpc) is 3.29. The summed E-state index contributed by atoms with van der Waals surface area (Å²) < 4.78 is 5.25. The van der Waals surface area contributed by atoms with E-state index in [1.807, 2.05) is 11.9 Å². The summed E-state index contributed by atoms with van der Waals surface area (Å²) >= 11 is 3.07. The fourth-order valence-corrected chi connectivity index (χ4v) is 4.51. The van der Waals surface area contributed by atoms with Crippen molar-refractivity contribution >= 4 is 41.0 Å². The summed E-state index contributed by atoms with van der Waals surface area (Å²) in [6, 6.07) is -1.56. The van der Waals surface area contributed by atoms with Crippen LogP contribution < -0.4 is 5.32 Å². The molecular weight excluding hydrogens is 465 g/mol. The van der Waals surface area contributed by atoms with Gasteiger partial charge in [0.15, 0.2) is 6.04 Å². The normalized spacial score (nSPS) is 22.2. The zero-order valence-electron chi connectivity index (χ0n) is 15.4. The van der Waals surface area contributed by atoms with Gasteiger partial charge in [0.05, 0.1) is 11.2 Å². The number of aromatic nitrogens is 1. The molecule has 3 heterocycles. The van der Waals surface area contributed by atoms with E-state index >= 15 is 0 Å². The molecule has 2 aliphatic heterocycles. The first-order valence-corrected chi connectivity index (χ1v) is 10.2. The Labute approximate surface area is 191 Å². The third-order valence-corrected chi connectivity index (χ3v) is 5.85. The van der Waals surface area contributed by atoms with Crippen LogP contribution in [0.15, 0.2) is 10.9 Å². The Morgan fingerprint density at radius 2 is 2.26 bits per heavy atom. The van der Waals surface area contributed by atoms with E-state index in [2.05, 4.69) is 10.3 Å². The SMILES string of the molecule is CN1C(=O)OC(C)(C)C1C(=O)NC(Cc1cscn1)C(=O)N1[CH-]CSC1.[Y]. The molecule has 0 bridgehead atoms. The zero-order chi connectivity index (χ0) is 18.9. The minimum Gasteiger partial charge on any atom is -0.482 e. The molecule has 2 saturated heterocycles. The van der Waals surface area contributed by atoms with E-state index in [1.165, 1.54) is 23.3 Å². The Bertz CT molecular complexity index is 695. The van der Waals surface area contributed by atoms with Gasteiger partial charge in [-0.1, -0.05) is 0 Å². The van der Waals surface area contributed by atoms with Crippen molar-refractivity contribution in [2.24, 2.45) is 0 Å². The van der Waals surface area contributed by atoms with Gasteiger partial charge in [-0.15, -0.1) is 17.1 Å². The molecule has 2 fully saturated rings. The number of carbonyl (C=O) groups is 3. The predicted molar refractivity (Wildman–Crippen MR) is 98.3 cm³/mol. The van der Waals surface area contributed by atoms with Gasteiger partial charge in [0.2, 0.25) is 11.8 Å². The zero-order valence-corrected chi connectivity index (χ0v) is 19.8. The molecule has 2 unspecified atom stereocenters. The Morgan fingerprint density at radius 3 is 2.78 bits per heavy atom. The summed E-state index contributed by atoms with van der Waals surface area (Å²) in [5, 5.41) is 4.67. The van der Waals surface area contributed by atoms with Crippen molar-refractivity contribution in [3.63, 3.8) is 0 Å². The third kappa shape index (κ3) is 5.02. The van der Waals surface area contributed by atoms with Gasteiger partial charge in [-0.2, -0.15) is 11.8 Å². The van der Waals surface area contributed by atoms with E-state index in [0.717, 1.165) is 11.4 Å². The molecule has 2 aliphatic rings. The number of ether oxygens (including phenoxy) is 1. The van der Waals surface area contributed by atoms with Crippen LogP contribution in [0.25, 0.3) is 0 Å². The standard InChI is InChI=1S/C16H21N4O4S2.Y/c1-16(2)12(19(3)15(23)24-16)13(21)18-11(6-10-7-26-8-17-10)14(22)20-4-5-25-9-20;/h4,7-8,11-12H,5-6,9H2,1-3H3,(H,18,21);/q-1;. The number of rotatable bonds is 5. The van der Waals surface area contributed by atoms with Crippen molar-refractivity contribution in [2.45, 2.75) is 38.0 Å². The van der Waals surface area contributed by atoms with E-state index in [9.17, 15) is 14.4 Å².